The lowest BCUT2D eigenvalue weighted by atomic mass is 9.90. The number of carbonyl (C=O) groups excluding carboxylic acids is 1. The van der Waals surface area contributed by atoms with Gasteiger partial charge >= 0.3 is 0 Å². The normalized spacial score (nSPS) is 21.3. The maximum Gasteiger partial charge on any atom is 0.234 e. The Balaban J connectivity index is 1.29. The summed E-state index contributed by atoms with van der Waals surface area (Å²) in [5, 5.41) is 11.8. The number of carbonyl (C=O) groups is 1. The number of hydrogen-bond acceptors (Lipinski definition) is 4. The summed E-state index contributed by atoms with van der Waals surface area (Å²) < 4.78 is 0. The van der Waals surface area contributed by atoms with E-state index in [1.165, 1.54) is 5.69 Å². The van der Waals surface area contributed by atoms with Gasteiger partial charge in [0.1, 0.15) is 0 Å². The van der Waals surface area contributed by atoms with Crippen molar-refractivity contribution in [3.8, 4) is 0 Å². The summed E-state index contributed by atoms with van der Waals surface area (Å²) in [6.07, 6.45) is 0.462. The molecule has 3 aromatic carbocycles. The maximum atomic E-state index is 13.8. The summed E-state index contributed by atoms with van der Waals surface area (Å²) in [5.41, 5.74) is 3.14. The molecule has 2 fully saturated rings. The van der Waals surface area contributed by atoms with Crippen LogP contribution in [0, 0.1) is 0 Å². The zero-order valence-electron chi connectivity index (χ0n) is 19.8. The molecular weight excluding hydrogens is 458 g/mol. The molecule has 0 unspecified atom stereocenters. The van der Waals surface area contributed by atoms with Crippen LogP contribution in [0.1, 0.15) is 23.5 Å². The first-order valence-corrected chi connectivity index (χ1v) is 12.8. The van der Waals surface area contributed by atoms with Crippen LogP contribution in [0.15, 0.2) is 84.9 Å². The molecular formula is C29H32ClN3O2. The zero-order valence-corrected chi connectivity index (χ0v) is 20.6. The Morgan fingerprint density at radius 2 is 1.43 bits per heavy atom. The number of rotatable bonds is 5. The Morgan fingerprint density at radius 3 is 2.06 bits per heavy atom. The van der Waals surface area contributed by atoms with Gasteiger partial charge in [-0.3, -0.25) is 9.69 Å². The number of aliphatic hydroxyl groups is 1. The molecule has 0 aromatic heterocycles. The molecule has 35 heavy (non-hydrogen) atoms. The minimum absolute atomic E-state index is 0.0451. The molecule has 0 aliphatic carbocycles. The zero-order chi connectivity index (χ0) is 24.2. The number of aliphatic hydroxyl groups excluding tert-OH is 1. The van der Waals surface area contributed by atoms with E-state index in [1.54, 1.807) is 0 Å². The SMILES string of the molecule is O=C(C(c1ccccc1)c1ccccc1)N1C[C@H](O)[C@@H](N2CCCN(c3ccc(Cl)cc3)CC2)C1. The Labute approximate surface area is 212 Å². The van der Waals surface area contributed by atoms with Gasteiger partial charge in [-0.15, -0.1) is 0 Å². The van der Waals surface area contributed by atoms with E-state index in [0.717, 1.165) is 48.7 Å². The number of likely N-dealkylation sites (tertiary alicyclic amines) is 1. The van der Waals surface area contributed by atoms with Crippen LogP contribution in [-0.4, -0.2) is 72.2 Å². The minimum Gasteiger partial charge on any atom is -0.390 e. The van der Waals surface area contributed by atoms with Gasteiger partial charge < -0.3 is 14.9 Å². The second-order valence-corrected chi connectivity index (χ2v) is 9.92. The lowest BCUT2D eigenvalue weighted by Crippen LogP contribution is -2.45. The van der Waals surface area contributed by atoms with Gasteiger partial charge in [0.2, 0.25) is 5.91 Å². The topological polar surface area (TPSA) is 47.0 Å². The van der Waals surface area contributed by atoms with E-state index < -0.39 is 6.10 Å². The van der Waals surface area contributed by atoms with E-state index in [9.17, 15) is 9.90 Å². The Kier molecular flexibility index (Phi) is 7.37. The first-order valence-electron chi connectivity index (χ1n) is 12.4. The summed E-state index contributed by atoms with van der Waals surface area (Å²) in [7, 11) is 0. The van der Waals surface area contributed by atoms with Crippen LogP contribution in [0.2, 0.25) is 5.02 Å². The number of benzene rings is 3. The van der Waals surface area contributed by atoms with Crippen molar-refractivity contribution in [3.63, 3.8) is 0 Å². The Bertz CT molecular complexity index is 1070. The van der Waals surface area contributed by atoms with Gasteiger partial charge in [-0.25, -0.2) is 0 Å². The number of anilines is 1. The molecule has 6 heteroatoms. The van der Waals surface area contributed by atoms with E-state index in [4.69, 9.17) is 11.6 Å². The molecule has 2 aliphatic heterocycles. The van der Waals surface area contributed by atoms with Crippen LogP contribution in [0.3, 0.4) is 0 Å². The highest BCUT2D eigenvalue weighted by atomic mass is 35.5. The van der Waals surface area contributed by atoms with Crippen LogP contribution >= 0.6 is 11.6 Å². The summed E-state index contributed by atoms with van der Waals surface area (Å²) >= 11 is 6.06. The molecule has 1 N–H and O–H groups in total. The molecule has 2 atom stereocenters. The van der Waals surface area contributed by atoms with Gasteiger partial charge in [-0.05, 0) is 41.8 Å². The quantitative estimate of drug-likeness (QED) is 0.582. The van der Waals surface area contributed by atoms with Crippen molar-refractivity contribution >= 4 is 23.2 Å². The molecule has 0 bridgehead atoms. The van der Waals surface area contributed by atoms with E-state index in [1.807, 2.05) is 77.7 Å². The van der Waals surface area contributed by atoms with Crippen molar-refractivity contribution in [2.24, 2.45) is 0 Å². The van der Waals surface area contributed by atoms with Crippen molar-refractivity contribution in [1.82, 2.24) is 9.80 Å². The van der Waals surface area contributed by atoms with Crippen molar-refractivity contribution in [1.29, 1.82) is 0 Å². The standard InChI is InChI=1S/C29H32ClN3O2/c30-24-12-14-25(15-13-24)31-16-7-17-32(19-18-31)26-20-33(21-27(26)34)29(35)28(22-8-3-1-4-9-22)23-10-5-2-6-11-23/h1-6,8-15,26-28,34H,7,16-21H2/t26-,27-/m0/s1. The fraction of sp³-hybridized carbons (Fsp3) is 0.345. The molecule has 2 heterocycles. The van der Waals surface area contributed by atoms with Crippen molar-refractivity contribution in [2.75, 3.05) is 44.2 Å². The maximum absolute atomic E-state index is 13.8. The predicted octanol–water partition coefficient (Wildman–Crippen LogP) is 4.26. The molecule has 3 aromatic rings. The Hall–Kier alpha value is -2.86. The second-order valence-electron chi connectivity index (χ2n) is 9.49. The van der Waals surface area contributed by atoms with Gasteiger partial charge in [0.05, 0.1) is 18.1 Å². The van der Waals surface area contributed by atoms with Crippen molar-refractivity contribution in [2.45, 2.75) is 24.5 Å². The van der Waals surface area contributed by atoms with Crippen molar-refractivity contribution in [3.05, 3.63) is 101 Å². The molecule has 0 spiro atoms. The lowest BCUT2D eigenvalue weighted by molar-refractivity contribution is -0.131. The first kappa shape index (κ1) is 23.9. The fourth-order valence-corrected chi connectivity index (χ4v) is 5.56. The molecule has 0 radical (unpaired) electrons. The van der Waals surface area contributed by atoms with Gasteiger partial charge in [0, 0.05) is 50.0 Å². The third kappa shape index (κ3) is 5.37. The smallest absolute Gasteiger partial charge is 0.234 e. The monoisotopic (exact) mass is 489 g/mol. The number of hydrogen-bond donors (Lipinski definition) is 1. The van der Waals surface area contributed by atoms with Gasteiger partial charge in [0.25, 0.3) is 0 Å². The van der Waals surface area contributed by atoms with Crippen LogP contribution in [-0.2, 0) is 4.79 Å². The molecule has 5 rings (SSSR count). The van der Waals surface area contributed by atoms with E-state index in [-0.39, 0.29) is 17.9 Å². The number of amides is 1. The molecule has 5 nitrogen and oxygen atoms in total. The highest BCUT2D eigenvalue weighted by Gasteiger charge is 2.40. The number of β-amino-alcohol motifs (C(OH)–C–C–N with tert-alkyl or cyclic N) is 1. The largest absolute Gasteiger partial charge is 0.390 e. The first-order chi connectivity index (χ1) is 17.1. The van der Waals surface area contributed by atoms with Crippen molar-refractivity contribution < 1.29 is 9.90 Å². The summed E-state index contributed by atoms with van der Waals surface area (Å²) in [6.45, 7) is 4.54. The third-order valence-electron chi connectivity index (χ3n) is 7.27. The number of nitrogens with zero attached hydrogens (tertiary/aromatic N) is 3. The molecule has 182 valence electrons. The average molecular weight is 490 g/mol. The van der Waals surface area contributed by atoms with Crippen LogP contribution in [0.4, 0.5) is 5.69 Å². The van der Waals surface area contributed by atoms with Gasteiger partial charge in [-0.2, -0.15) is 0 Å². The lowest BCUT2D eigenvalue weighted by Gasteiger charge is -2.30. The summed E-state index contributed by atoms with van der Waals surface area (Å²) in [6, 6.07) is 27.8. The summed E-state index contributed by atoms with van der Waals surface area (Å²) in [5.74, 6) is -0.311. The molecule has 1 amide bonds. The van der Waals surface area contributed by atoms with Crippen LogP contribution in [0.5, 0.6) is 0 Å². The third-order valence-corrected chi connectivity index (χ3v) is 7.53. The Morgan fingerprint density at radius 1 is 0.800 bits per heavy atom. The van der Waals surface area contributed by atoms with Crippen LogP contribution in [0.25, 0.3) is 0 Å². The predicted molar refractivity (Wildman–Crippen MR) is 141 cm³/mol. The summed E-state index contributed by atoms with van der Waals surface area (Å²) in [4.78, 5) is 20.4. The number of halogens is 1. The highest BCUT2D eigenvalue weighted by molar-refractivity contribution is 6.30. The molecule has 0 saturated carbocycles. The van der Waals surface area contributed by atoms with Crippen LogP contribution < -0.4 is 4.90 Å². The highest BCUT2D eigenvalue weighted by Crippen LogP contribution is 2.30. The fourth-order valence-electron chi connectivity index (χ4n) is 5.44. The van der Waals surface area contributed by atoms with E-state index in [2.05, 4.69) is 21.9 Å². The van der Waals surface area contributed by atoms with E-state index in [0.29, 0.717) is 13.1 Å². The molecule has 2 saturated heterocycles. The minimum atomic E-state index is -0.548. The second kappa shape index (κ2) is 10.8. The van der Waals surface area contributed by atoms with Gasteiger partial charge in [0.15, 0.2) is 0 Å². The van der Waals surface area contributed by atoms with Gasteiger partial charge in [-0.1, -0.05) is 72.3 Å². The average Bonchev–Trinajstić information content (AvgIpc) is 3.11. The molecule has 2 aliphatic rings. The van der Waals surface area contributed by atoms with E-state index >= 15 is 0 Å².